The van der Waals surface area contributed by atoms with Crippen molar-refractivity contribution in [1.82, 2.24) is 0 Å². The number of amides is 1. The van der Waals surface area contributed by atoms with E-state index in [9.17, 15) is 4.79 Å². The van der Waals surface area contributed by atoms with Crippen molar-refractivity contribution in [3.63, 3.8) is 0 Å². The summed E-state index contributed by atoms with van der Waals surface area (Å²) in [6.45, 7) is 6.36. The first-order valence-corrected chi connectivity index (χ1v) is 4.61. The molecule has 0 saturated carbocycles. The lowest BCUT2D eigenvalue weighted by Gasteiger charge is -2.11. The van der Waals surface area contributed by atoms with Gasteiger partial charge in [0.25, 0.3) is 0 Å². The van der Waals surface area contributed by atoms with Crippen LogP contribution in [0.25, 0.3) is 0 Å². The van der Waals surface area contributed by atoms with E-state index < -0.39 is 0 Å². The maximum atomic E-state index is 10.6. The van der Waals surface area contributed by atoms with Crippen LogP contribution in [0.3, 0.4) is 0 Å². The van der Waals surface area contributed by atoms with Crippen molar-refractivity contribution in [3.8, 4) is 0 Å². The van der Waals surface area contributed by atoms with Gasteiger partial charge in [0, 0.05) is 5.69 Å². The van der Waals surface area contributed by atoms with Crippen LogP contribution in [-0.4, -0.2) is 12.5 Å². The highest BCUT2D eigenvalue weighted by atomic mass is 16.1. The minimum absolute atomic E-state index is 0.184. The Morgan fingerprint density at radius 3 is 2.50 bits per heavy atom. The van der Waals surface area contributed by atoms with Crippen molar-refractivity contribution in [2.24, 2.45) is 5.73 Å². The van der Waals surface area contributed by atoms with Crippen LogP contribution >= 0.6 is 0 Å². The van der Waals surface area contributed by atoms with Gasteiger partial charge in [-0.15, -0.1) is 0 Å². The van der Waals surface area contributed by atoms with Crippen LogP contribution in [0.2, 0.25) is 0 Å². The van der Waals surface area contributed by atoms with Crippen molar-refractivity contribution >= 4 is 11.6 Å². The van der Waals surface area contributed by atoms with Gasteiger partial charge in [-0.3, -0.25) is 4.79 Å². The average Bonchev–Trinajstić information content (AvgIpc) is 2.13. The molecule has 1 aromatic rings. The molecule has 1 amide bonds. The van der Waals surface area contributed by atoms with E-state index >= 15 is 0 Å². The zero-order chi connectivity index (χ0) is 10.7. The van der Waals surface area contributed by atoms with Crippen molar-refractivity contribution in [1.29, 1.82) is 0 Å². The van der Waals surface area contributed by atoms with Gasteiger partial charge >= 0.3 is 0 Å². The van der Waals surface area contributed by atoms with Gasteiger partial charge in [0.1, 0.15) is 0 Å². The lowest BCUT2D eigenvalue weighted by molar-refractivity contribution is -0.116. The van der Waals surface area contributed by atoms with Gasteiger partial charge in [-0.25, -0.2) is 0 Å². The minimum atomic E-state index is -0.345. The molecule has 1 aromatic carbocycles. The van der Waals surface area contributed by atoms with Gasteiger partial charge in [-0.1, -0.05) is 6.07 Å². The number of benzene rings is 1. The minimum Gasteiger partial charge on any atom is -0.376 e. The fraction of sp³-hybridized carbons (Fsp3) is 0.364. The number of nitrogens with two attached hydrogens (primary N) is 1. The average molecular weight is 192 g/mol. The van der Waals surface area contributed by atoms with E-state index in [0.29, 0.717) is 0 Å². The standard InChI is InChI=1S/C11H16N2O/c1-7-4-5-10(9(3)8(7)2)13-6-11(12)14/h4-5,13H,6H2,1-3H3,(H2,12,14). The molecule has 0 aromatic heterocycles. The van der Waals surface area contributed by atoms with E-state index in [1.165, 1.54) is 16.7 Å². The molecule has 0 aliphatic heterocycles. The highest BCUT2D eigenvalue weighted by Gasteiger charge is 2.03. The van der Waals surface area contributed by atoms with Crippen LogP contribution in [0.15, 0.2) is 12.1 Å². The van der Waals surface area contributed by atoms with Gasteiger partial charge in [-0.05, 0) is 43.5 Å². The number of anilines is 1. The Morgan fingerprint density at radius 1 is 1.29 bits per heavy atom. The van der Waals surface area contributed by atoms with Gasteiger partial charge in [0.05, 0.1) is 6.54 Å². The first-order chi connectivity index (χ1) is 6.52. The Hall–Kier alpha value is -1.51. The summed E-state index contributed by atoms with van der Waals surface area (Å²) < 4.78 is 0. The number of aryl methyl sites for hydroxylation is 1. The van der Waals surface area contributed by atoms with Crippen LogP contribution in [0.4, 0.5) is 5.69 Å². The summed E-state index contributed by atoms with van der Waals surface area (Å²) in [6, 6.07) is 4.01. The largest absolute Gasteiger partial charge is 0.376 e. The van der Waals surface area contributed by atoms with Gasteiger partial charge in [0.15, 0.2) is 0 Å². The number of rotatable bonds is 3. The van der Waals surface area contributed by atoms with E-state index in [1.54, 1.807) is 0 Å². The lowest BCUT2D eigenvalue weighted by Crippen LogP contribution is -2.22. The third kappa shape index (κ3) is 2.25. The highest BCUT2D eigenvalue weighted by Crippen LogP contribution is 2.20. The predicted molar refractivity (Wildman–Crippen MR) is 58.3 cm³/mol. The molecular formula is C11H16N2O. The van der Waals surface area contributed by atoms with E-state index in [4.69, 9.17) is 5.73 Å². The van der Waals surface area contributed by atoms with Crippen molar-refractivity contribution in [2.45, 2.75) is 20.8 Å². The smallest absolute Gasteiger partial charge is 0.236 e. The van der Waals surface area contributed by atoms with Crippen molar-refractivity contribution < 1.29 is 4.79 Å². The zero-order valence-electron chi connectivity index (χ0n) is 8.85. The molecule has 3 N–H and O–H groups in total. The molecule has 0 aliphatic carbocycles. The molecule has 76 valence electrons. The quantitative estimate of drug-likeness (QED) is 0.762. The molecule has 1 rings (SSSR count). The maximum absolute atomic E-state index is 10.6. The maximum Gasteiger partial charge on any atom is 0.236 e. The molecule has 0 saturated heterocycles. The molecule has 0 atom stereocenters. The van der Waals surface area contributed by atoms with Crippen molar-refractivity contribution in [3.05, 3.63) is 28.8 Å². The lowest BCUT2D eigenvalue weighted by atomic mass is 10.0. The monoisotopic (exact) mass is 192 g/mol. The highest BCUT2D eigenvalue weighted by molar-refractivity contribution is 5.79. The van der Waals surface area contributed by atoms with E-state index in [0.717, 1.165) is 5.69 Å². The molecule has 0 bridgehead atoms. The molecule has 0 fully saturated rings. The third-order valence-corrected chi connectivity index (χ3v) is 2.51. The van der Waals surface area contributed by atoms with E-state index in [1.807, 2.05) is 19.1 Å². The van der Waals surface area contributed by atoms with Crippen LogP contribution in [0, 0.1) is 20.8 Å². The molecular weight excluding hydrogens is 176 g/mol. The number of carbonyl (C=O) groups excluding carboxylic acids is 1. The molecule has 0 radical (unpaired) electrons. The van der Waals surface area contributed by atoms with Crippen LogP contribution in [0.1, 0.15) is 16.7 Å². The SMILES string of the molecule is Cc1ccc(NCC(N)=O)c(C)c1C. The summed E-state index contributed by atoms with van der Waals surface area (Å²) in [4.78, 5) is 10.6. The summed E-state index contributed by atoms with van der Waals surface area (Å²) in [5.74, 6) is -0.345. The second-order valence-corrected chi connectivity index (χ2v) is 3.50. The Morgan fingerprint density at radius 2 is 1.93 bits per heavy atom. The van der Waals surface area contributed by atoms with Crippen molar-refractivity contribution in [2.75, 3.05) is 11.9 Å². The summed E-state index contributed by atoms with van der Waals surface area (Å²) in [7, 11) is 0. The first kappa shape index (κ1) is 10.6. The summed E-state index contributed by atoms with van der Waals surface area (Å²) in [6.07, 6.45) is 0. The number of hydrogen-bond acceptors (Lipinski definition) is 2. The third-order valence-electron chi connectivity index (χ3n) is 2.51. The molecule has 14 heavy (non-hydrogen) atoms. The number of carbonyl (C=O) groups is 1. The summed E-state index contributed by atoms with van der Waals surface area (Å²) >= 11 is 0. The molecule has 3 nitrogen and oxygen atoms in total. The molecule has 3 heteroatoms. The first-order valence-electron chi connectivity index (χ1n) is 4.61. The normalized spacial score (nSPS) is 9.93. The molecule has 0 unspecified atom stereocenters. The predicted octanol–water partition coefficient (Wildman–Crippen LogP) is 1.51. The van der Waals surface area contributed by atoms with Gasteiger partial charge in [-0.2, -0.15) is 0 Å². The Kier molecular flexibility index (Phi) is 3.12. The second kappa shape index (κ2) is 4.13. The van der Waals surface area contributed by atoms with E-state index in [2.05, 4.69) is 19.2 Å². The summed E-state index contributed by atoms with van der Waals surface area (Å²) in [5, 5.41) is 3.01. The topological polar surface area (TPSA) is 55.1 Å². The Labute approximate surface area is 84.3 Å². The van der Waals surface area contributed by atoms with E-state index in [-0.39, 0.29) is 12.5 Å². The summed E-state index contributed by atoms with van der Waals surface area (Å²) in [5.41, 5.74) is 9.71. The second-order valence-electron chi connectivity index (χ2n) is 3.50. The molecule has 0 heterocycles. The zero-order valence-corrected chi connectivity index (χ0v) is 8.85. The van der Waals surface area contributed by atoms with Crippen LogP contribution < -0.4 is 11.1 Å². The fourth-order valence-electron chi connectivity index (χ4n) is 1.33. The van der Waals surface area contributed by atoms with Gasteiger partial charge < -0.3 is 11.1 Å². The van der Waals surface area contributed by atoms with Gasteiger partial charge in [0.2, 0.25) is 5.91 Å². The Balaban J connectivity index is 2.88. The molecule has 0 spiro atoms. The number of nitrogens with one attached hydrogen (secondary N) is 1. The van der Waals surface area contributed by atoms with Crippen LogP contribution in [0.5, 0.6) is 0 Å². The number of primary amides is 1. The fourth-order valence-corrected chi connectivity index (χ4v) is 1.33. The van der Waals surface area contributed by atoms with Crippen LogP contribution in [-0.2, 0) is 4.79 Å². The number of hydrogen-bond donors (Lipinski definition) is 2. The Bertz CT molecular complexity index is 359. The molecule has 0 aliphatic rings.